The second kappa shape index (κ2) is 4.45. The Balaban J connectivity index is 1.72. The molecule has 2 atom stereocenters. The molecular formula is C12H16BrN. The first-order valence-electron chi connectivity index (χ1n) is 5.21. The molecule has 0 heterocycles. The third kappa shape index (κ3) is 2.82. The Labute approximate surface area is 94.0 Å². The Morgan fingerprint density at radius 1 is 1.36 bits per heavy atom. The molecule has 1 N–H and O–H groups in total. The molecule has 1 aromatic rings. The summed E-state index contributed by atoms with van der Waals surface area (Å²) in [5.41, 5.74) is 1.36. The highest BCUT2D eigenvalue weighted by atomic mass is 79.9. The van der Waals surface area contributed by atoms with Gasteiger partial charge in [0.25, 0.3) is 0 Å². The summed E-state index contributed by atoms with van der Waals surface area (Å²) >= 11 is 3.43. The molecule has 0 aromatic heterocycles. The van der Waals surface area contributed by atoms with E-state index in [1.807, 2.05) is 0 Å². The summed E-state index contributed by atoms with van der Waals surface area (Å²) in [5.74, 6) is 1.89. The van der Waals surface area contributed by atoms with Crippen molar-refractivity contribution in [1.82, 2.24) is 5.32 Å². The van der Waals surface area contributed by atoms with Crippen LogP contribution in [0.5, 0.6) is 0 Å². The van der Waals surface area contributed by atoms with Gasteiger partial charge in [0.1, 0.15) is 0 Å². The number of hydrogen-bond acceptors (Lipinski definition) is 1. The second-order valence-electron chi connectivity index (χ2n) is 4.23. The minimum Gasteiger partial charge on any atom is -0.312 e. The summed E-state index contributed by atoms with van der Waals surface area (Å²) in [6.07, 6.45) is 1.41. The van der Waals surface area contributed by atoms with Crippen molar-refractivity contribution in [3.05, 3.63) is 34.3 Å². The SMILES string of the molecule is CC1CC1CNCc1ccc(Br)cc1. The van der Waals surface area contributed by atoms with Crippen LogP contribution in [0.1, 0.15) is 18.9 Å². The Morgan fingerprint density at radius 3 is 2.57 bits per heavy atom. The topological polar surface area (TPSA) is 12.0 Å². The standard InChI is InChI=1S/C12H16BrN/c1-9-6-11(9)8-14-7-10-2-4-12(13)5-3-10/h2-5,9,11,14H,6-8H2,1H3. The van der Waals surface area contributed by atoms with E-state index in [4.69, 9.17) is 0 Å². The van der Waals surface area contributed by atoms with Crippen LogP contribution < -0.4 is 5.32 Å². The second-order valence-corrected chi connectivity index (χ2v) is 5.15. The molecule has 0 radical (unpaired) electrons. The molecule has 14 heavy (non-hydrogen) atoms. The lowest BCUT2D eigenvalue weighted by Gasteiger charge is -2.03. The molecule has 0 amide bonds. The van der Waals surface area contributed by atoms with Crippen LogP contribution in [-0.2, 0) is 6.54 Å². The van der Waals surface area contributed by atoms with Crippen LogP contribution >= 0.6 is 15.9 Å². The Bertz CT molecular complexity index is 294. The zero-order valence-corrected chi connectivity index (χ0v) is 10.0. The maximum absolute atomic E-state index is 3.50. The van der Waals surface area contributed by atoms with Gasteiger partial charge in [-0.25, -0.2) is 0 Å². The van der Waals surface area contributed by atoms with Crippen molar-refractivity contribution < 1.29 is 0 Å². The van der Waals surface area contributed by atoms with E-state index in [0.717, 1.165) is 22.9 Å². The van der Waals surface area contributed by atoms with E-state index >= 15 is 0 Å². The van der Waals surface area contributed by atoms with E-state index in [1.165, 1.54) is 18.5 Å². The van der Waals surface area contributed by atoms with Crippen LogP contribution in [-0.4, -0.2) is 6.54 Å². The van der Waals surface area contributed by atoms with Crippen LogP contribution in [0.3, 0.4) is 0 Å². The normalized spacial score (nSPS) is 25.0. The number of benzene rings is 1. The molecular weight excluding hydrogens is 238 g/mol. The van der Waals surface area contributed by atoms with Crippen molar-refractivity contribution in [2.75, 3.05) is 6.54 Å². The first-order valence-corrected chi connectivity index (χ1v) is 6.00. The van der Waals surface area contributed by atoms with Crippen molar-refractivity contribution >= 4 is 15.9 Å². The maximum Gasteiger partial charge on any atom is 0.0205 e. The van der Waals surface area contributed by atoms with Gasteiger partial charge in [0.15, 0.2) is 0 Å². The van der Waals surface area contributed by atoms with Crippen molar-refractivity contribution in [1.29, 1.82) is 0 Å². The molecule has 1 aliphatic carbocycles. The van der Waals surface area contributed by atoms with Gasteiger partial charge >= 0.3 is 0 Å². The largest absolute Gasteiger partial charge is 0.312 e. The molecule has 2 rings (SSSR count). The molecule has 0 spiro atoms. The van der Waals surface area contributed by atoms with E-state index < -0.39 is 0 Å². The Morgan fingerprint density at radius 2 is 2.00 bits per heavy atom. The molecule has 1 nitrogen and oxygen atoms in total. The first kappa shape index (κ1) is 10.2. The van der Waals surface area contributed by atoms with Crippen molar-refractivity contribution in [2.24, 2.45) is 11.8 Å². The van der Waals surface area contributed by atoms with Gasteiger partial charge < -0.3 is 5.32 Å². The summed E-state index contributed by atoms with van der Waals surface area (Å²) in [6.45, 7) is 4.50. The Kier molecular flexibility index (Phi) is 3.24. The van der Waals surface area contributed by atoms with Crippen LogP contribution in [0.4, 0.5) is 0 Å². The minimum atomic E-state index is 0.936. The molecule has 2 unspecified atom stereocenters. The average Bonchev–Trinajstić information content (AvgIpc) is 2.86. The van der Waals surface area contributed by atoms with E-state index in [1.54, 1.807) is 0 Å². The van der Waals surface area contributed by atoms with Crippen molar-refractivity contribution in [3.8, 4) is 0 Å². The predicted octanol–water partition coefficient (Wildman–Crippen LogP) is 3.19. The van der Waals surface area contributed by atoms with Gasteiger partial charge in [0, 0.05) is 11.0 Å². The van der Waals surface area contributed by atoms with Gasteiger partial charge in [-0.05, 0) is 42.5 Å². The van der Waals surface area contributed by atoms with E-state index in [0.29, 0.717) is 0 Å². The molecule has 1 aromatic carbocycles. The summed E-state index contributed by atoms with van der Waals surface area (Å²) in [7, 11) is 0. The summed E-state index contributed by atoms with van der Waals surface area (Å²) < 4.78 is 1.15. The minimum absolute atomic E-state index is 0.936. The highest BCUT2D eigenvalue weighted by molar-refractivity contribution is 9.10. The van der Waals surface area contributed by atoms with Crippen LogP contribution in [0, 0.1) is 11.8 Å². The maximum atomic E-state index is 3.50. The highest BCUT2D eigenvalue weighted by Crippen LogP contribution is 2.36. The lowest BCUT2D eigenvalue weighted by Crippen LogP contribution is -2.16. The van der Waals surface area contributed by atoms with Crippen LogP contribution in [0.15, 0.2) is 28.7 Å². The van der Waals surface area contributed by atoms with Crippen LogP contribution in [0.2, 0.25) is 0 Å². The summed E-state index contributed by atoms with van der Waals surface area (Å²) in [4.78, 5) is 0. The van der Waals surface area contributed by atoms with E-state index in [-0.39, 0.29) is 0 Å². The van der Waals surface area contributed by atoms with Crippen molar-refractivity contribution in [3.63, 3.8) is 0 Å². The fourth-order valence-electron chi connectivity index (χ4n) is 1.69. The molecule has 2 heteroatoms. The molecule has 0 aliphatic heterocycles. The average molecular weight is 254 g/mol. The highest BCUT2D eigenvalue weighted by Gasteiger charge is 2.31. The Hall–Kier alpha value is -0.340. The quantitative estimate of drug-likeness (QED) is 0.870. The third-order valence-electron chi connectivity index (χ3n) is 2.93. The lowest BCUT2D eigenvalue weighted by molar-refractivity contribution is 0.612. The molecule has 76 valence electrons. The van der Waals surface area contributed by atoms with E-state index in [9.17, 15) is 0 Å². The van der Waals surface area contributed by atoms with Gasteiger partial charge in [-0.15, -0.1) is 0 Å². The number of rotatable bonds is 4. The predicted molar refractivity (Wildman–Crippen MR) is 63.1 cm³/mol. The molecule has 1 saturated carbocycles. The summed E-state index contributed by atoms with van der Waals surface area (Å²) in [5, 5.41) is 3.50. The molecule has 0 saturated heterocycles. The number of hydrogen-bond donors (Lipinski definition) is 1. The monoisotopic (exact) mass is 253 g/mol. The van der Waals surface area contributed by atoms with Gasteiger partial charge in [-0.1, -0.05) is 35.0 Å². The number of halogens is 1. The number of nitrogens with one attached hydrogen (secondary N) is 1. The fraction of sp³-hybridized carbons (Fsp3) is 0.500. The first-order chi connectivity index (χ1) is 6.75. The molecule has 1 aliphatic rings. The van der Waals surface area contributed by atoms with Crippen molar-refractivity contribution in [2.45, 2.75) is 19.9 Å². The smallest absolute Gasteiger partial charge is 0.0205 e. The zero-order valence-electron chi connectivity index (χ0n) is 8.46. The van der Waals surface area contributed by atoms with Gasteiger partial charge in [-0.3, -0.25) is 0 Å². The fourth-order valence-corrected chi connectivity index (χ4v) is 1.95. The summed E-state index contributed by atoms with van der Waals surface area (Å²) in [6, 6.07) is 8.51. The third-order valence-corrected chi connectivity index (χ3v) is 3.45. The van der Waals surface area contributed by atoms with Gasteiger partial charge in [-0.2, -0.15) is 0 Å². The molecule has 0 bridgehead atoms. The van der Waals surface area contributed by atoms with Gasteiger partial charge in [0.2, 0.25) is 0 Å². The van der Waals surface area contributed by atoms with E-state index in [2.05, 4.69) is 52.4 Å². The molecule has 1 fully saturated rings. The van der Waals surface area contributed by atoms with Gasteiger partial charge in [0.05, 0.1) is 0 Å². The lowest BCUT2D eigenvalue weighted by atomic mass is 10.2. The zero-order chi connectivity index (χ0) is 9.97. The van der Waals surface area contributed by atoms with Crippen LogP contribution in [0.25, 0.3) is 0 Å².